The Bertz CT molecular complexity index is 141. The van der Waals surface area contributed by atoms with Crippen molar-refractivity contribution in [2.45, 2.75) is 38.6 Å². The van der Waals surface area contributed by atoms with Gasteiger partial charge in [-0.3, -0.25) is 4.90 Å². The van der Waals surface area contributed by atoms with Crippen molar-refractivity contribution in [1.82, 2.24) is 4.90 Å². The van der Waals surface area contributed by atoms with E-state index in [1.807, 2.05) is 0 Å². The van der Waals surface area contributed by atoms with Crippen molar-refractivity contribution < 1.29 is 4.74 Å². The van der Waals surface area contributed by atoms with Crippen LogP contribution in [0, 0.1) is 0 Å². The fraction of sp³-hybridized carbons (Fsp3) is 1.00. The molecule has 0 aromatic rings. The van der Waals surface area contributed by atoms with Gasteiger partial charge < -0.3 is 10.5 Å². The molecule has 3 nitrogen and oxygen atoms in total. The van der Waals surface area contributed by atoms with E-state index in [-0.39, 0.29) is 0 Å². The lowest BCUT2D eigenvalue weighted by molar-refractivity contribution is 0.0984. The third-order valence-electron chi connectivity index (χ3n) is 2.94. The summed E-state index contributed by atoms with van der Waals surface area (Å²) in [5, 5.41) is 0. The van der Waals surface area contributed by atoms with Gasteiger partial charge in [-0.25, -0.2) is 0 Å². The van der Waals surface area contributed by atoms with Gasteiger partial charge in [-0.1, -0.05) is 13.3 Å². The molecule has 2 N–H and O–H groups in total. The van der Waals surface area contributed by atoms with Crippen LogP contribution in [0.3, 0.4) is 0 Å². The van der Waals surface area contributed by atoms with Crippen molar-refractivity contribution in [3.63, 3.8) is 0 Å². The molecule has 0 spiro atoms. The van der Waals surface area contributed by atoms with Gasteiger partial charge in [-0.05, 0) is 25.8 Å². The Labute approximate surface area is 87.6 Å². The fourth-order valence-corrected chi connectivity index (χ4v) is 1.99. The van der Waals surface area contributed by atoms with Crippen LogP contribution in [0.5, 0.6) is 0 Å². The van der Waals surface area contributed by atoms with E-state index >= 15 is 0 Å². The minimum absolute atomic E-state index is 0.616. The Balaban J connectivity index is 2.00. The summed E-state index contributed by atoms with van der Waals surface area (Å²) < 4.78 is 5.55. The molecule has 1 unspecified atom stereocenters. The number of hydrogen-bond donors (Lipinski definition) is 1. The largest absolute Gasteiger partial charge is 0.380 e. The van der Waals surface area contributed by atoms with Crippen LogP contribution in [-0.4, -0.2) is 43.8 Å². The second kappa shape index (κ2) is 7.21. The highest BCUT2D eigenvalue weighted by Gasteiger charge is 2.22. The molecule has 0 aromatic carbocycles. The van der Waals surface area contributed by atoms with Crippen LogP contribution < -0.4 is 5.73 Å². The zero-order valence-electron chi connectivity index (χ0n) is 9.37. The molecule has 1 aliphatic heterocycles. The zero-order valence-corrected chi connectivity index (χ0v) is 9.37. The average molecular weight is 200 g/mol. The van der Waals surface area contributed by atoms with Gasteiger partial charge in [0.1, 0.15) is 0 Å². The van der Waals surface area contributed by atoms with Crippen molar-refractivity contribution in [2.24, 2.45) is 5.73 Å². The summed E-state index contributed by atoms with van der Waals surface area (Å²) in [5.41, 5.74) is 5.69. The van der Waals surface area contributed by atoms with E-state index < -0.39 is 0 Å². The van der Waals surface area contributed by atoms with E-state index in [2.05, 4.69) is 11.8 Å². The average Bonchev–Trinajstić information content (AvgIpc) is 2.65. The van der Waals surface area contributed by atoms with Crippen LogP contribution in [0.25, 0.3) is 0 Å². The number of likely N-dealkylation sites (tertiary alicyclic amines) is 1. The Kier molecular flexibility index (Phi) is 6.15. The standard InChI is InChI=1S/C11H24N2O/c1-2-3-8-14-9-7-13-6-4-5-11(13)10-12/h11H,2-10,12H2,1H3. The molecule has 84 valence electrons. The highest BCUT2D eigenvalue weighted by Crippen LogP contribution is 2.15. The summed E-state index contributed by atoms with van der Waals surface area (Å²) in [6.07, 6.45) is 4.97. The van der Waals surface area contributed by atoms with Crippen molar-refractivity contribution in [3.8, 4) is 0 Å². The van der Waals surface area contributed by atoms with Crippen LogP contribution in [0.4, 0.5) is 0 Å². The van der Waals surface area contributed by atoms with Gasteiger partial charge in [0.2, 0.25) is 0 Å². The zero-order chi connectivity index (χ0) is 10.2. The van der Waals surface area contributed by atoms with Gasteiger partial charge in [0.25, 0.3) is 0 Å². The molecule has 0 radical (unpaired) electrons. The summed E-state index contributed by atoms with van der Waals surface area (Å²) in [6, 6.07) is 0.616. The Morgan fingerprint density at radius 1 is 1.43 bits per heavy atom. The fourth-order valence-electron chi connectivity index (χ4n) is 1.99. The van der Waals surface area contributed by atoms with Crippen molar-refractivity contribution in [1.29, 1.82) is 0 Å². The summed E-state index contributed by atoms with van der Waals surface area (Å²) in [7, 11) is 0. The maximum atomic E-state index is 5.69. The maximum absolute atomic E-state index is 5.69. The van der Waals surface area contributed by atoms with Gasteiger partial charge in [0.05, 0.1) is 6.61 Å². The van der Waals surface area contributed by atoms with Gasteiger partial charge >= 0.3 is 0 Å². The first-order chi connectivity index (χ1) is 6.88. The molecule has 1 saturated heterocycles. The Hall–Kier alpha value is -0.120. The molecule has 0 bridgehead atoms. The first-order valence-corrected chi connectivity index (χ1v) is 5.90. The lowest BCUT2D eigenvalue weighted by Crippen LogP contribution is -2.37. The molecule has 1 rings (SSSR count). The highest BCUT2D eigenvalue weighted by molar-refractivity contribution is 4.79. The molecule has 1 atom stereocenters. The summed E-state index contributed by atoms with van der Waals surface area (Å²) in [4.78, 5) is 2.46. The third kappa shape index (κ3) is 3.95. The molecule has 1 aliphatic rings. The minimum atomic E-state index is 0.616. The van der Waals surface area contributed by atoms with E-state index in [1.165, 1.54) is 32.2 Å². The molecular weight excluding hydrogens is 176 g/mol. The minimum Gasteiger partial charge on any atom is -0.380 e. The number of nitrogens with zero attached hydrogens (tertiary/aromatic N) is 1. The third-order valence-corrected chi connectivity index (χ3v) is 2.94. The highest BCUT2D eigenvalue weighted by atomic mass is 16.5. The molecule has 0 aromatic heterocycles. The Morgan fingerprint density at radius 2 is 2.29 bits per heavy atom. The topological polar surface area (TPSA) is 38.5 Å². The van der Waals surface area contributed by atoms with Crippen LogP contribution >= 0.6 is 0 Å². The molecule has 1 fully saturated rings. The van der Waals surface area contributed by atoms with Crippen LogP contribution in [0.1, 0.15) is 32.6 Å². The number of ether oxygens (including phenoxy) is 1. The van der Waals surface area contributed by atoms with Crippen molar-refractivity contribution in [2.75, 3.05) is 32.8 Å². The SMILES string of the molecule is CCCCOCCN1CCCC1CN. The van der Waals surface area contributed by atoms with E-state index in [0.717, 1.165) is 26.3 Å². The molecule has 0 aliphatic carbocycles. The normalized spacial score (nSPS) is 23.1. The lowest BCUT2D eigenvalue weighted by atomic mass is 10.2. The second-order valence-corrected chi connectivity index (χ2v) is 4.03. The predicted octanol–water partition coefficient (Wildman–Crippen LogP) is 1.23. The van der Waals surface area contributed by atoms with Gasteiger partial charge in [-0.15, -0.1) is 0 Å². The summed E-state index contributed by atoms with van der Waals surface area (Å²) >= 11 is 0. The lowest BCUT2D eigenvalue weighted by Gasteiger charge is -2.22. The Morgan fingerprint density at radius 3 is 3.00 bits per heavy atom. The van der Waals surface area contributed by atoms with E-state index in [1.54, 1.807) is 0 Å². The summed E-state index contributed by atoms with van der Waals surface area (Å²) in [6.45, 7) is 7.04. The second-order valence-electron chi connectivity index (χ2n) is 4.03. The number of unbranched alkanes of at least 4 members (excludes halogenated alkanes) is 1. The van der Waals surface area contributed by atoms with E-state index in [4.69, 9.17) is 10.5 Å². The van der Waals surface area contributed by atoms with Crippen molar-refractivity contribution >= 4 is 0 Å². The molecule has 1 heterocycles. The van der Waals surface area contributed by atoms with Crippen molar-refractivity contribution in [3.05, 3.63) is 0 Å². The van der Waals surface area contributed by atoms with E-state index in [9.17, 15) is 0 Å². The molecule has 3 heteroatoms. The van der Waals surface area contributed by atoms with Crippen LogP contribution in [-0.2, 0) is 4.74 Å². The molecule has 14 heavy (non-hydrogen) atoms. The number of rotatable bonds is 7. The molecule has 0 amide bonds. The smallest absolute Gasteiger partial charge is 0.0593 e. The van der Waals surface area contributed by atoms with Gasteiger partial charge in [0, 0.05) is 25.7 Å². The summed E-state index contributed by atoms with van der Waals surface area (Å²) in [5.74, 6) is 0. The van der Waals surface area contributed by atoms with E-state index in [0.29, 0.717) is 6.04 Å². The maximum Gasteiger partial charge on any atom is 0.0593 e. The van der Waals surface area contributed by atoms with Gasteiger partial charge in [0.15, 0.2) is 0 Å². The first kappa shape index (κ1) is 12.0. The predicted molar refractivity (Wildman–Crippen MR) is 59.4 cm³/mol. The molecule has 0 saturated carbocycles. The quantitative estimate of drug-likeness (QED) is 0.628. The monoisotopic (exact) mass is 200 g/mol. The molecular formula is C11H24N2O. The van der Waals surface area contributed by atoms with Gasteiger partial charge in [-0.2, -0.15) is 0 Å². The first-order valence-electron chi connectivity index (χ1n) is 5.90. The van der Waals surface area contributed by atoms with Crippen LogP contribution in [0.2, 0.25) is 0 Å². The number of nitrogens with two attached hydrogens (primary N) is 1. The number of hydrogen-bond acceptors (Lipinski definition) is 3. The van der Waals surface area contributed by atoms with Crippen LogP contribution in [0.15, 0.2) is 0 Å².